The molecule has 0 saturated heterocycles. The number of nitrogens with zero attached hydrogens (tertiary/aromatic N) is 3. The van der Waals surface area contributed by atoms with Crippen LogP contribution in [0.2, 0.25) is 0 Å². The van der Waals surface area contributed by atoms with Gasteiger partial charge in [0.25, 0.3) is 0 Å². The van der Waals surface area contributed by atoms with Crippen LogP contribution in [0, 0.1) is 11.6 Å². The van der Waals surface area contributed by atoms with Crippen LogP contribution in [0.5, 0.6) is 5.75 Å². The highest BCUT2D eigenvalue weighted by Gasteiger charge is 2.19. The van der Waals surface area contributed by atoms with E-state index in [1.54, 1.807) is 55.2 Å². The molecule has 8 nitrogen and oxygen atoms in total. The Bertz CT molecular complexity index is 1370. The summed E-state index contributed by atoms with van der Waals surface area (Å²) in [6.07, 6.45) is 3.23. The number of Topliss-reactive ketones (excluding diaryl/α,β-unsaturated/α-hetero) is 1. The zero-order valence-electron chi connectivity index (χ0n) is 18.2. The van der Waals surface area contributed by atoms with E-state index in [1.165, 1.54) is 6.07 Å². The van der Waals surface area contributed by atoms with E-state index in [9.17, 15) is 13.6 Å². The van der Waals surface area contributed by atoms with Crippen molar-refractivity contribution in [3.63, 3.8) is 0 Å². The van der Waals surface area contributed by atoms with E-state index in [0.29, 0.717) is 17.5 Å². The van der Waals surface area contributed by atoms with Crippen LogP contribution in [-0.2, 0) is 11.6 Å². The van der Waals surface area contributed by atoms with E-state index < -0.39 is 29.3 Å². The molecule has 34 heavy (non-hydrogen) atoms. The molecule has 0 unspecified atom stereocenters. The summed E-state index contributed by atoms with van der Waals surface area (Å²) < 4.78 is 51.9. The number of ketones is 1. The van der Waals surface area contributed by atoms with Crippen molar-refractivity contribution in [3.05, 3.63) is 77.6 Å². The average molecular weight is 487 g/mol. The topological polar surface area (TPSA) is 117 Å². The van der Waals surface area contributed by atoms with Crippen molar-refractivity contribution >= 4 is 34.1 Å². The van der Waals surface area contributed by atoms with Crippen molar-refractivity contribution in [1.29, 1.82) is 0 Å². The smallest absolute Gasteiger partial charge is 0.335 e. The highest BCUT2D eigenvalue weighted by atomic mass is 32.1. The second-order valence-electron chi connectivity index (χ2n) is 7.16. The fraction of sp³-hybridized carbons (Fsp3) is 0.174. The number of hydrogen-bond acceptors (Lipinski definition) is 7. The number of pyridine rings is 1. The molecule has 0 saturated carbocycles. The van der Waals surface area contributed by atoms with Gasteiger partial charge >= 0.3 is 11.6 Å². The third-order valence-electron chi connectivity index (χ3n) is 4.99. The molecule has 1 atom stereocenters. The summed E-state index contributed by atoms with van der Waals surface area (Å²) >= 11 is -0.750. The van der Waals surface area contributed by atoms with Crippen LogP contribution >= 0.6 is 0 Å². The number of anilines is 1. The van der Waals surface area contributed by atoms with Gasteiger partial charge in [-0.1, -0.05) is 6.92 Å². The molecule has 0 fully saturated rings. The van der Waals surface area contributed by atoms with Crippen LogP contribution in [-0.4, -0.2) is 29.0 Å². The van der Waals surface area contributed by atoms with Gasteiger partial charge < -0.3 is 10.5 Å². The highest BCUT2D eigenvalue weighted by Crippen LogP contribution is 2.33. The standard InChI is InChI=1S/C23H20F2N4O2.O2S/c1-3-20(30)14-5-6-19(29-8-4-7-27-29)17(10-14)13(2)31-21-11-15-9-16(24)12-18(25)22(15)28-23(21)26;1-3-2/h4-13H,3H2,1-2H3,(H2,26,28);/t13-;/m0./s1. The normalized spacial score (nSPS) is 11.4. The van der Waals surface area contributed by atoms with E-state index >= 15 is 0 Å². The van der Waals surface area contributed by atoms with Gasteiger partial charge in [0.1, 0.15) is 17.4 Å². The third-order valence-corrected chi connectivity index (χ3v) is 4.99. The van der Waals surface area contributed by atoms with Gasteiger partial charge in [-0.15, -0.1) is 0 Å². The average Bonchev–Trinajstić information content (AvgIpc) is 3.34. The number of fused-ring (bicyclic) bond motifs is 1. The minimum atomic E-state index is -0.798. The van der Waals surface area contributed by atoms with Crippen LogP contribution in [0.1, 0.15) is 42.3 Å². The summed E-state index contributed by atoms with van der Waals surface area (Å²) in [5.41, 5.74) is 7.93. The molecule has 0 aliphatic carbocycles. The Morgan fingerprint density at radius 3 is 2.59 bits per heavy atom. The first-order valence-corrected chi connectivity index (χ1v) is 10.8. The quantitative estimate of drug-likeness (QED) is 0.403. The number of carbonyl (C=O) groups is 1. The van der Waals surface area contributed by atoms with Gasteiger partial charge in [-0.2, -0.15) is 13.5 Å². The molecule has 11 heteroatoms. The molecule has 4 rings (SSSR count). The molecule has 2 aromatic heterocycles. The second-order valence-corrected chi connectivity index (χ2v) is 7.30. The van der Waals surface area contributed by atoms with Crippen LogP contribution < -0.4 is 10.5 Å². The number of benzene rings is 2. The van der Waals surface area contributed by atoms with Gasteiger partial charge in [-0.3, -0.25) is 4.79 Å². The molecule has 0 aliphatic heterocycles. The minimum Gasteiger partial charge on any atom is -0.482 e. The Balaban J connectivity index is 0.00000103. The number of carbonyl (C=O) groups excluding carboxylic acids is 1. The molecule has 0 spiro atoms. The van der Waals surface area contributed by atoms with Gasteiger partial charge in [-0.25, -0.2) is 18.4 Å². The first-order valence-electron chi connectivity index (χ1n) is 10.1. The van der Waals surface area contributed by atoms with Crippen molar-refractivity contribution in [3.8, 4) is 11.4 Å². The van der Waals surface area contributed by atoms with Crippen molar-refractivity contribution < 1.29 is 26.7 Å². The molecule has 176 valence electrons. The predicted octanol–water partition coefficient (Wildman–Crippen LogP) is 4.34. The van der Waals surface area contributed by atoms with Gasteiger partial charge in [-0.05, 0) is 43.3 Å². The van der Waals surface area contributed by atoms with Gasteiger partial charge in [0.2, 0.25) is 0 Å². The summed E-state index contributed by atoms with van der Waals surface area (Å²) in [4.78, 5) is 16.3. The van der Waals surface area contributed by atoms with E-state index in [0.717, 1.165) is 17.8 Å². The molecule has 0 amide bonds. The molecular formula is C23H20F2N4O4S. The van der Waals surface area contributed by atoms with Crippen molar-refractivity contribution in [1.82, 2.24) is 14.8 Å². The molecule has 2 heterocycles. The molecule has 0 radical (unpaired) electrons. The summed E-state index contributed by atoms with van der Waals surface area (Å²) in [5.74, 6) is -1.36. The Labute approximate surface area is 197 Å². The number of ether oxygens (including phenoxy) is 1. The largest absolute Gasteiger partial charge is 0.482 e. The summed E-state index contributed by atoms with van der Waals surface area (Å²) in [6.45, 7) is 3.58. The van der Waals surface area contributed by atoms with E-state index in [1.807, 2.05) is 0 Å². The van der Waals surface area contributed by atoms with Gasteiger partial charge in [0.05, 0.1) is 5.69 Å². The Kier molecular flexibility index (Phi) is 7.79. The lowest BCUT2D eigenvalue weighted by Crippen LogP contribution is -2.12. The molecule has 2 N–H and O–H groups in total. The van der Waals surface area contributed by atoms with Crippen LogP contribution in [0.3, 0.4) is 0 Å². The summed E-state index contributed by atoms with van der Waals surface area (Å²) in [6, 6.07) is 10.5. The number of halogens is 2. The third kappa shape index (κ3) is 5.31. The fourth-order valence-corrected chi connectivity index (χ4v) is 3.43. The zero-order valence-corrected chi connectivity index (χ0v) is 19.0. The van der Waals surface area contributed by atoms with Crippen molar-refractivity contribution in [2.75, 3.05) is 5.73 Å². The zero-order chi connectivity index (χ0) is 24.8. The maximum absolute atomic E-state index is 14.0. The first kappa shape index (κ1) is 24.6. The number of nitrogen functional groups attached to an aromatic ring is 1. The van der Waals surface area contributed by atoms with E-state index in [2.05, 4.69) is 10.1 Å². The van der Waals surface area contributed by atoms with Crippen molar-refractivity contribution in [2.45, 2.75) is 26.4 Å². The summed E-state index contributed by atoms with van der Waals surface area (Å²) in [5, 5.41) is 4.50. The molecule has 0 bridgehead atoms. The minimum absolute atomic E-state index is 0.00157. The van der Waals surface area contributed by atoms with E-state index in [4.69, 9.17) is 18.9 Å². The van der Waals surface area contributed by atoms with Crippen LogP contribution in [0.4, 0.5) is 14.6 Å². The lowest BCUT2D eigenvalue weighted by Gasteiger charge is -2.20. The lowest BCUT2D eigenvalue weighted by molar-refractivity contribution is 0.0988. The fourth-order valence-electron chi connectivity index (χ4n) is 3.43. The van der Waals surface area contributed by atoms with E-state index in [-0.39, 0.29) is 28.3 Å². The number of rotatable bonds is 6. The highest BCUT2D eigenvalue weighted by molar-refractivity contribution is 7.51. The monoisotopic (exact) mass is 486 g/mol. The first-order chi connectivity index (χ1) is 16.3. The molecule has 4 aromatic rings. The number of aromatic nitrogens is 3. The Morgan fingerprint density at radius 1 is 1.21 bits per heavy atom. The Hall–Kier alpha value is -3.99. The van der Waals surface area contributed by atoms with Gasteiger partial charge in [0.15, 0.2) is 23.2 Å². The summed E-state index contributed by atoms with van der Waals surface area (Å²) in [7, 11) is 0. The number of hydrogen-bond donors (Lipinski definition) is 1. The maximum atomic E-state index is 14.0. The van der Waals surface area contributed by atoms with Crippen LogP contribution in [0.15, 0.2) is 54.9 Å². The molecule has 0 aliphatic rings. The SMILES string of the molecule is CCC(=O)c1ccc(-n2cccn2)c([C@H](C)Oc2cc3cc(F)cc(F)c3nc2N)c1.O=S=O. The molecular weight excluding hydrogens is 466 g/mol. The maximum Gasteiger partial charge on any atom is 0.335 e. The Morgan fingerprint density at radius 2 is 1.94 bits per heavy atom. The lowest BCUT2D eigenvalue weighted by atomic mass is 10.0. The number of nitrogens with two attached hydrogens (primary N) is 1. The second kappa shape index (κ2) is 10.8. The van der Waals surface area contributed by atoms with Crippen molar-refractivity contribution in [2.24, 2.45) is 0 Å². The van der Waals surface area contributed by atoms with Gasteiger partial charge in [0, 0.05) is 41.4 Å². The molecule has 2 aromatic carbocycles. The van der Waals surface area contributed by atoms with Crippen LogP contribution in [0.25, 0.3) is 16.6 Å². The predicted molar refractivity (Wildman–Crippen MR) is 122 cm³/mol.